The molecule has 4 heteroatoms. The van der Waals surface area contributed by atoms with E-state index in [1.165, 1.54) is 0 Å². The Kier molecular flexibility index (Phi) is 5.97. The molecule has 0 spiro atoms. The quantitative estimate of drug-likeness (QED) is 0.716. The number of carbonyl (C=O) groups excluding carboxylic acids is 2. The summed E-state index contributed by atoms with van der Waals surface area (Å²) >= 11 is 0. The third kappa shape index (κ3) is 7.97. The Hall–Kier alpha value is -1.06. The van der Waals surface area contributed by atoms with E-state index in [2.05, 4.69) is 5.32 Å². The predicted octanol–water partition coefficient (Wildman–Crippen LogP) is 2.27. The van der Waals surface area contributed by atoms with E-state index in [0.717, 1.165) is 19.1 Å². The van der Waals surface area contributed by atoms with Crippen LogP contribution >= 0.6 is 0 Å². The molecule has 1 N–H and O–H groups in total. The average Bonchev–Trinajstić information content (AvgIpc) is 2.00. The van der Waals surface area contributed by atoms with E-state index in [0.29, 0.717) is 6.42 Å². The minimum Gasteiger partial charge on any atom is -0.444 e. The van der Waals surface area contributed by atoms with Crippen molar-refractivity contribution in [2.45, 2.75) is 58.6 Å². The molecule has 15 heavy (non-hydrogen) atoms. The summed E-state index contributed by atoms with van der Waals surface area (Å²) in [5, 5.41) is 2.68. The third-order valence-corrected chi connectivity index (χ3v) is 1.74. The van der Waals surface area contributed by atoms with E-state index < -0.39 is 11.7 Å². The van der Waals surface area contributed by atoms with Crippen molar-refractivity contribution < 1.29 is 14.3 Å². The Balaban J connectivity index is 4.04. The van der Waals surface area contributed by atoms with Crippen molar-refractivity contribution in [3.8, 4) is 0 Å². The van der Waals surface area contributed by atoms with Crippen molar-refractivity contribution in [3.05, 3.63) is 0 Å². The van der Waals surface area contributed by atoms with Crippen molar-refractivity contribution in [2.75, 3.05) is 0 Å². The molecule has 0 aromatic rings. The van der Waals surface area contributed by atoms with Gasteiger partial charge in [-0.1, -0.05) is 13.3 Å². The van der Waals surface area contributed by atoms with Crippen molar-refractivity contribution in [1.82, 2.24) is 5.32 Å². The number of rotatable bonds is 5. The van der Waals surface area contributed by atoms with E-state index in [1.807, 2.05) is 6.92 Å². The van der Waals surface area contributed by atoms with Crippen molar-refractivity contribution >= 4 is 12.4 Å². The van der Waals surface area contributed by atoms with E-state index in [9.17, 15) is 9.59 Å². The number of nitrogens with one attached hydrogen (secondary N) is 1. The van der Waals surface area contributed by atoms with Crippen LogP contribution in [0.4, 0.5) is 4.79 Å². The highest BCUT2D eigenvalue weighted by Crippen LogP contribution is 2.08. The molecule has 0 aliphatic heterocycles. The van der Waals surface area contributed by atoms with Gasteiger partial charge in [0.05, 0.1) is 0 Å². The molecule has 0 aliphatic rings. The van der Waals surface area contributed by atoms with Crippen LogP contribution in [-0.4, -0.2) is 24.0 Å². The van der Waals surface area contributed by atoms with Gasteiger partial charge in [-0.05, 0) is 27.2 Å². The summed E-state index contributed by atoms with van der Waals surface area (Å²) in [6.45, 7) is 7.43. The van der Waals surface area contributed by atoms with Gasteiger partial charge in [-0.2, -0.15) is 0 Å². The van der Waals surface area contributed by atoms with Crippen molar-refractivity contribution in [2.24, 2.45) is 0 Å². The van der Waals surface area contributed by atoms with Crippen LogP contribution in [0.15, 0.2) is 0 Å². The van der Waals surface area contributed by atoms with E-state index in [-0.39, 0.29) is 6.04 Å². The zero-order valence-electron chi connectivity index (χ0n) is 10.0. The topological polar surface area (TPSA) is 55.4 Å². The second-order valence-corrected chi connectivity index (χ2v) is 4.53. The SMILES string of the molecule is CCC[C@@H](CC=O)NC(=O)OC(C)(C)C. The first-order chi connectivity index (χ1) is 6.89. The van der Waals surface area contributed by atoms with Gasteiger partial charge in [-0.25, -0.2) is 4.79 Å². The minimum atomic E-state index is -0.498. The predicted molar refractivity (Wildman–Crippen MR) is 58.7 cm³/mol. The van der Waals surface area contributed by atoms with Crippen LogP contribution < -0.4 is 5.32 Å². The van der Waals surface area contributed by atoms with Crippen LogP contribution in [0.1, 0.15) is 47.0 Å². The fourth-order valence-electron chi connectivity index (χ4n) is 1.19. The molecule has 0 radical (unpaired) electrons. The van der Waals surface area contributed by atoms with Gasteiger partial charge in [0.1, 0.15) is 11.9 Å². The first-order valence-electron chi connectivity index (χ1n) is 5.32. The summed E-state index contributed by atoms with van der Waals surface area (Å²) in [6.07, 6.45) is 2.42. The van der Waals surface area contributed by atoms with Crippen LogP contribution in [0.3, 0.4) is 0 Å². The lowest BCUT2D eigenvalue weighted by Crippen LogP contribution is -2.39. The standard InChI is InChI=1S/C11H21NO3/c1-5-6-9(7-8-13)12-10(14)15-11(2,3)4/h8-9H,5-7H2,1-4H3,(H,12,14)/t9-/m0/s1. The molecule has 0 bridgehead atoms. The summed E-state index contributed by atoms with van der Waals surface area (Å²) in [5.74, 6) is 0. The van der Waals surface area contributed by atoms with Crippen molar-refractivity contribution in [3.63, 3.8) is 0 Å². The molecule has 0 saturated carbocycles. The van der Waals surface area contributed by atoms with Gasteiger partial charge in [0.15, 0.2) is 0 Å². The van der Waals surface area contributed by atoms with Crippen molar-refractivity contribution in [1.29, 1.82) is 0 Å². The number of alkyl carbamates (subject to hydrolysis) is 1. The zero-order valence-corrected chi connectivity index (χ0v) is 10.0. The summed E-state index contributed by atoms with van der Waals surface area (Å²) < 4.78 is 5.09. The summed E-state index contributed by atoms with van der Waals surface area (Å²) in [4.78, 5) is 21.7. The molecule has 1 atom stereocenters. The van der Waals surface area contributed by atoms with E-state index in [4.69, 9.17) is 4.74 Å². The lowest BCUT2D eigenvalue weighted by molar-refractivity contribution is -0.108. The Bertz CT molecular complexity index is 208. The molecule has 0 aromatic carbocycles. The third-order valence-electron chi connectivity index (χ3n) is 1.74. The number of carbonyl (C=O) groups is 2. The average molecular weight is 215 g/mol. The highest BCUT2D eigenvalue weighted by atomic mass is 16.6. The summed E-state index contributed by atoms with van der Waals surface area (Å²) in [5.41, 5.74) is -0.498. The lowest BCUT2D eigenvalue weighted by atomic mass is 10.1. The van der Waals surface area contributed by atoms with Gasteiger partial charge in [-0.3, -0.25) is 0 Å². The highest BCUT2D eigenvalue weighted by molar-refractivity contribution is 5.68. The Morgan fingerprint density at radius 2 is 2.07 bits per heavy atom. The number of aldehydes is 1. The van der Waals surface area contributed by atoms with Gasteiger partial charge >= 0.3 is 6.09 Å². The van der Waals surface area contributed by atoms with Gasteiger partial charge < -0.3 is 14.8 Å². The molecule has 88 valence electrons. The number of ether oxygens (including phenoxy) is 1. The first kappa shape index (κ1) is 13.9. The maximum absolute atomic E-state index is 11.4. The van der Waals surface area contributed by atoms with Crippen LogP contribution in [0.5, 0.6) is 0 Å². The fraction of sp³-hybridized carbons (Fsp3) is 0.818. The Morgan fingerprint density at radius 3 is 2.47 bits per heavy atom. The number of hydrogen-bond acceptors (Lipinski definition) is 3. The van der Waals surface area contributed by atoms with Crippen LogP contribution in [0.2, 0.25) is 0 Å². The molecule has 0 aliphatic carbocycles. The molecular formula is C11H21NO3. The maximum Gasteiger partial charge on any atom is 0.407 e. The Labute approximate surface area is 91.4 Å². The molecule has 0 unspecified atom stereocenters. The maximum atomic E-state index is 11.4. The van der Waals surface area contributed by atoms with E-state index >= 15 is 0 Å². The molecule has 0 saturated heterocycles. The Morgan fingerprint density at radius 1 is 1.47 bits per heavy atom. The number of hydrogen-bond donors (Lipinski definition) is 1. The number of amides is 1. The molecule has 4 nitrogen and oxygen atoms in total. The molecule has 0 rings (SSSR count). The smallest absolute Gasteiger partial charge is 0.407 e. The molecular weight excluding hydrogens is 194 g/mol. The second-order valence-electron chi connectivity index (χ2n) is 4.53. The molecule has 0 fully saturated rings. The minimum absolute atomic E-state index is 0.109. The molecule has 0 aromatic heterocycles. The van der Waals surface area contributed by atoms with Crippen LogP contribution in [0, 0.1) is 0 Å². The van der Waals surface area contributed by atoms with E-state index in [1.54, 1.807) is 20.8 Å². The normalized spacial score (nSPS) is 13.1. The highest BCUT2D eigenvalue weighted by Gasteiger charge is 2.18. The first-order valence-corrected chi connectivity index (χ1v) is 5.32. The van der Waals surface area contributed by atoms with Crippen LogP contribution in [-0.2, 0) is 9.53 Å². The summed E-state index contributed by atoms with van der Waals surface area (Å²) in [6, 6.07) is -0.109. The zero-order chi connectivity index (χ0) is 11.9. The van der Waals surface area contributed by atoms with Gasteiger partial charge in [-0.15, -0.1) is 0 Å². The molecule has 1 amide bonds. The monoisotopic (exact) mass is 215 g/mol. The van der Waals surface area contributed by atoms with Crippen LogP contribution in [0.25, 0.3) is 0 Å². The second kappa shape index (κ2) is 6.43. The van der Waals surface area contributed by atoms with Gasteiger partial charge in [0, 0.05) is 12.5 Å². The fourth-order valence-corrected chi connectivity index (χ4v) is 1.19. The lowest BCUT2D eigenvalue weighted by Gasteiger charge is -2.22. The van der Waals surface area contributed by atoms with Gasteiger partial charge in [0.2, 0.25) is 0 Å². The van der Waals surface area contributed by atoms with Gasteiger partial charge in [0.25, 0.3) is 0 Å². The molecule has 0 heterocycles. The summed E-state index contributed by atoms with van der Waals surface area (Å²) in [7, 11) is 0. The largest absolute Gasteiger partial charge is 0.444 e.